The Morgan fingerprint density at radius 3 is 2.71 bits per heavy atom. The fourth-order valence-corrected chi connectivity index (χ4v) is 4.23. The van der Waals surface area contributed by atoms with Gasteiger partial charge in [-0.2, -0.15) is 0 Å². The number of aromatic nitrogens is 2. The molecule has 0 spiro atoms. The number of carbonyl (C=O) groups is 1. The summed E-state index contributed by atoms with van der Waals surface area (Å²) in [5, 5.41) is 3.62. The first-order chi connectivity index (χ1) is 16.5. The van der Waals surface area contributed by atoms with E-state index in [2.05, 4.69) is 48.0 Å². The molecule has 176 valence electrons. The van der Waals surface area contributed by atoms with Crippen LogP contribution in [0.5, 0.6) is 5.75 Å². The maximum atomic E-state index is 12.4. The standard InChI is InChI=1S/C28H30ClN3O2/c1-20-12-13-21(2)26(18-20)34-17-7-16-32-25-11-6-5-10-24(25)31-27(32)14-15-30-28(33)19-22-8-3-4-9-23(22)29/h3-6,8-13,18H,7,14-17,19H2,1-2H3,(H,30,33). The number of imidazole rings is 1. The highest BCUT2D eigenvalue weighted by molar-refractivity contribution is 6.31. The zero-order valence-electron chi connectivity index (χ0n) is 19.7. The summed E-state index contributed by atoms with van der Waals surface area (Å²) in [6, 6.07) is 21.8. The molecule has 0 saturated heterocycles. The van der Waals surface area contributed by atoms with Crippen LogP contribution in [0.15, 0.2) is 66.7 Å². The lowest BCUT2D eigenvalue weighted by Crippen LogP contribution is -2.28. The molecule has 0 unspecified atom stereocenters. The van der Waals surface area contributed by atoms with Crippen molar-refractivity contribution in [2.45, 2.75) is 39.7 Å². The van der Waals surface area contributed by atoms with Crippen molar-refractivity contribution in [3.8, 4) is 5.75 Å². The summed E-state index contributed by atoms with van der Waals surface area (Å²) in [5.41, 5.74) is 5.24. The minimum Gasteiger partial charge on any atom is -0.493 e. The molecule has 0 aliphatic rings. The number of halogens is 1. The molecule has 0 radical (unpaired) electrons. The highest BCUT2D eigenvalue weighted by atomic mass is 35.5. The summed E-state index contributed by atoms with van der Waals surface area (Å²) >= 11 is 6.18. The van der Waals surface area contributed by atoms with E-state index >= 15 is 0 Å². The molecule has 0 saturated carbocycles. The topological polar surface area (TPSA) is 56.1 Å². The summed E-state index contributed by atoms with van der Waals surface area (Å²) in [5.74, 6) is 1.86. The molecule has 0 aliphatic carbocycles. The summed E-state index contributed by atoms with van der Waals surface area (Å²) in [6.07, 6.45) is 1.78. The first-order valence-electron chi connectivity index (χ1n) is 11.7. The molecule has 4 rings (SSSR count). The van der Waals surface area contributed by atoms with E-state index in [-0.39, 0.29) is 12.3 Å². The SMILES string of the molecule is Cc1ccc(C)c(OCCCn2c(CCNC(=O)Cc3ccccc3Cl)nc3ccccc32)c1. The fourth-order valence-electron chi connectivity index (χ4n) is 4.02. The Hall–Kier alpha value is -3.31. The van der Waals surface area contributed by atoms with Crippen molar-refractivity contribution >= 4 is 28.5 Å². The molecular weight excluding hydrogens is 446 g/mol. The molecule has 6 heteroatoms. The fraction of sp³-hybridized carbons (Fsp3) is 0.286. The lowest BCUT2D eigenvalue weighted by atomic mass is 10.1. The van der Waals surface area contributed by atoms with Crippen LogP contribution in [0, 0.1) is 13.8 Å². The number of hydrogen-bond acceptors (Lipinski definition) is 3. The first kappa shape index (κ1) is 23.8. The summed E-state index contributed by atoms with van der Waals surface area (Å²) < 4.78 is 8.28. The van der Waals surface area contributed by atoms with E-state index in [1.807, 2.05) is 36.4 Å². The Balaban J connectivity index is 1.35. The number of amides is 1. The van der Waals surface area contributed by atoms with E-state index in [0.717, 1.165) is 46.7 Å². The van der Waals surface area contributed by atoms with Crippen molar-refractivity contribution in [3.05, 3.63) is 94.3 Å². The number of aryl methyl sites for hydroxylation is 3. The van der Waals surface area contributed by atoms with Crippen LogP contribution in [0.3, 0.4) is 0 Å². The smallest absolute Gasteiger partial charge is 0.224 e. The Labute approximate surface area is 205 Å². The molecule has 34 heavy (non-hydrogen) atoms. The van der Waals surface area contributed by atoms with Gasteiger partial charge in [-0.25, -0.2) is 4.98 Å². The summed E-state index contributed by atoms with van der Waals surface area (Å²) in [6.45, 7) is 6.09. The minimum atomic E-state index is -0.0438. The molecule has 1 N–H and O–H groups in total. The van der Waals surface area contributed by atoms with Gasteiger partial charge in [-0.3, -0.25) is 4.79 Å². The predicted molar refractivity (Wildman–Crippen MR) is 138 cm³/mol. The molecule has 0 bridgehead atoms. The second-order valence-electron chi connectivity index (χ2n) is 8.51. The molecule has 1 heterocycles. The van der Waals surface area contributed by atoms with E-state index in [4.69, 9.17) is 21.3 Å². The summed E-state index contributed by atoms with van der Waals surface area (Å²) in [7, 11) is 0. The molecule has 0 fully saturated rings. The Bertz CT molecular complexity index is 1280. The van der Waals surface area contributed by atoms with Gasteiger partial charge in [0.25, 0.3) is 0 Å². The largest absolute Gasteiger partial charge is 0.493 e. The number of nitrogens with one attached hydrogen (secondary N) is 1. The van der Waals surface area contributed by atoms with E-state index in [1.54, 1.807) is 6.07 Å². The van der Waals surface area contributed by atoms with Gasteiger partial charge in [-0.05, 0) is 61.2 Å². The number of nitrogens with zero attached hydrogens (tertiary/aromatic N) is 2. The quantitative estimate of drug-likeness (QED) is 0.300. The van der Waals surface area contributed by atoms with Crippen LogP contribution in [-0.2, 0) is 24.2 Å². The molecule has 1 amide bonds. The number of fused-ring (bicyclic) bond motifs is 1. The van der Waals surface area contributed by atoms with E-state index < -0.39 is 0 Å². The van der Waals surface area contributed by atoms with Crippen LogP contribution < -0.4 is 10.1 Å². The third-order valence-corrected chi connectivity index (χ3v) is 6.21. The van der Waals surface area contributed by atoms with Crippen LogP contribution in [0.2, 0.25) is 5.02 Å². The van der Waals surface area contributed by atoms with E-state index in [0.29, 0.717) is 24.6 Å². The van der Waals surface area contributed by atoms with Crippen LogP contribution in [0.25, 0.3) is 11.0 Å². The number of hydrogen-bond donors (Lipinski definition) is 1. The molecule has 5 nitrogen and oxygen atoms in total. The van der Waals surface area contributed by atoms with Crippen molar-refractivity contribution < 1.29 is 9.53 Å². The van der Waals surface area contributed by atoms with Crippen LogP contribution in [-0.4, -0.2) is 28.6 Å². The normalized spacial score (nSPS) is 11.0. The third kappa shape index (κ3) is 5.97. The number of para-hydroxylation sites is 2. The molecular formula is C28H30ClN3O2. The average molecular weight is 476 g/mol. The number of carbonyl (C=O) groups excluding carboxylic acids is 1. The lowest BCUT2D eigenvalue weighted by molar-refractivity contribution is -0.120. The zero-order chi connectivity index (χ0) is 23.9. The van der Waals surface area contributed by atoms with E-state index in [1.165, 1.54) is 5.56 Å². The molecule has 1 aromatic heterocycles. The van der Waals surface area contributed by atoms with Crippen molar-refractivity contribution in [3.63, 3.8) is 0 Å². The maximum absolute atomic E-state index is 12.4. The first-order valence-corrected chi connectivity index (χ1v) is 12.0. The van der Waals surface area contributed by atoms with Gasteiger partial charge < -0.3 is 14.6 Å². The van der Waals surface area contributed by atoms with Crippen molar-refractivity contribution in [2.75, 3.05) is 13.2 Å². The highest BCUT2D eigenvalue weighted by Crippen LogP contribution is 2.20. The van der Waals surface area contributed by atoms with E-state index in [9.17, 15) is 4.79 Å². The predicted octanol–water partition coefficient (Wildman–Crippen LogP) is 5.68. The number of ether oxygens (including phenoxy) is 1. The monoisotopic (exact) mass is 475 g/mol. The number of rotatable bonds is 10. The minimum absolute atomic E-state index is 0.0438. The van der Waals surface area contributed by atoms with Gasteiger partial charge >= 0.3 is 0 Å². The molecule has 4 aromatic rings. The molecule has 0 aliphatic heterocycles. The van der Waals surface area contributed by atoms with Crippen molar-refractivity contribution in [1.29, 1.82) is 0 Å². The van der Waals surface area contributed by atoms with Gasteiger partial charge in [0.05, 0.1) is 24.1 Å². The summed E-state index contributed by atoms with van der Waals surface area (Å²) in [4.78, 5) is 17.2. The van der Waals surface area contributed by atoms with Gasteiger partial charge in [-0.15, -0.1) is 0 Å². The molecule has 0 atom stereocenters. The zero-order valence-corrected chi connectivity index (χ0v) is 20.4. The van der Waals surface area contributed by atoms with Gasteiger partial charge in [0, 0.05) is 24.5 Å². The highest BCUT2D eigenvalue weighted by Gasteiger charge is 2.12. The Morgan fingerprint density at radius 1 is 1.06 bits per heavy atom. The Morgan fingerprint density at radius 2 is 1.85 bits per heavy atom. The maximum Gasteiger partial charge on any atom is 0.224 e. The van der Waals surface area contributed by atoms with Gasteiger partial charge in [0.15, 0.2) is 0 Å². The van der Waals surface area contributed by atoms with Gasteiger partial charge in [0.2, 0.25) is 5.91 Å². The van der Waals surface area contributed by atoms with Crippen molar-refractivity contribution in [2.24, 2.45) is 0 Å². The van der Waals surface area contributed by atoms with Gasteiger partial charge in [-0.1, -0.05) is 54.1 Å². The lowest BCUT2D eigenvalue weighted by Gasteiger charge is -2.12. The van der Waals surface area contributed by atoms with Crippen LogP contribution >= 0.6 is 11.6 Å². The third-order valence-electron chi connectivity index (χ3n) is 5.84. The Kier molecular flexibility index (Phi) is 7.86. The molecule has 3 aromatic carbocycles. The number of benzene rings is 3. The van der Waals surface area contributed by atoms with Crippen LogP contribution in [0.4, 0.5) is 0 Å². The van der Waals surface area contributed by atoms with Gasteiger partial charge in [0.1, 0.15) is 11.6 Å². The van der Waals surface area contributed by atoms with Crippen molar-refractivity contribution in [1.82, 2.24) is 14.9 Å². The second-order valence-corrected chi connectivity index (χ2v) is 8.91. The average Bonchev–Trinajstić information content (AvgIpc) is 3.17. The second kappa shape index (κ2) is 11.2. The van der Waals surface area contributed by atoms with Crippen LogP contribution in [0.1, 0.15) is 28.9 Å².